The summed E-state index contributed by atoms with van der Waals surface area (Å²) in [6, 6.07) is 2.24. The van der Waals surface area contributed by atoms with Crippen LogP contribution in [0.5, 0.6) is 0 Å². The lowest BCUT2D eigenvalue weighted by Crippen LogP contribution is -2.14. The van der Waals surface area contributed by atoms with Gasteiger partial charge in [-0.2, -0.15) is 0 Å². The molecule has 0 aliphatic heterocycles. The number of likely N-dealkylation sites (N-methyl/N-ethyl adjacent to an activating group) is 1. The Morgan fingerprint density at radius 1 is 1.62 bits per heavy atom. The van der Waals surface area contributed by atoms with Crippen LogP contribution in [-0.2, 0) is 12.8 Å². The van der Waals surface area contributed by atoms with Crippen LogP contribution >= 0.6 is 0 Å². The maximum atomic E-state index is 5.72. The molecule has 0 amide bonds. The molecule has 2 nitrogen and oxygen atoms in total. The summed E-state index contributed by atoms with van der Waals surface area (Å²) in [5.41, 5.74) is 1.45. The second-order valence-corrected chi connectivity index (χ2v) is 3.74. The highest BCUT2D eigenvalue weighted by molar-refractivity contribution is 5.30. The van der Waals surface area contributed by atoms with Gasteiger partial charge in [-0.1, -0.05) is 6.92 Å². The van der Waals surface area contributed by atoms with E-state index >= 15 is 0 Å². The van der Waals surface area contributed by atoms with E-state index in [1.807, 2.05) is 7.05 Å². The molecule has 13 heavy (non-hydrogen) atoms. The Bertz CT molecular complexity index is 290. The second kappa shape index (κ2) is 3.54. The standard InChI is InChI=1S/C11H17NO/c1-3-9-6-10-8(7-12-2)4-5-11(10)13-9/h6,8,12H,3-5,7H2,1-2H3. The smallest absolute Gasteiger partial charge is 0.107 e. The van der Waals surface area contributed by atoms with Crippen LogP contribution < -0.4 is 5.32 Å². The lowest BCUT2D eigenvalue weighted by atomic mass is 10.0. The van der Waals surface area contributed by atoms with Gasteiger partial charge in [-0.25, -0.2) is 0 Å². The van der Waals surface area contributed by atoms with E-state index in [0.29, 0.717) is 5.92 Å². The van der Waals surface area contributed by atoms with Crippen molar-refractivity contribution in [3.63, 3.8) is 0 Å². The van der Waals surface area contributed by atoms with Crippen LogP contribution in [0.1, 0.15) is 36.3 Å². The van der Waals surface area contributed by atoms with Crippen molar-refractivity contribution in [1.29, 1.82) is 0 Å². The molecular weight excluding hydrogens is 162 g/mol. The molecule has 0 bridgehead atoms. The van der Waals surface area contributed by atoms with Crippen LogP contribution in [0, 0.1) is 0 Å². The third-order valence-corrected chi connectivity index (χ3v) is 2.85. The van der Waals surface area contributed by atoms with Crippen LogP contribution in [-0.4, -0.2) is 13.6 Å². The fourth-order valence-electron chi connectivity index (χ4n) is 2.13. The van der Waals surface area contributed by atoms with Gasteiger partial charge in [0.25, 0.3) is 0 Å². The lowest BCUT2D eigenvalue weighted by molar-refractivity contribution is 0.472. The van der Waals surface area contributed by atoms with Crippen LogP contribution in [0.15, 0.2) is 10.5 Å². The Morgan fingerprint density at radius 2 is 2.46 bits per heavy atom. The molecule has 0 aromatic carbocycles. The molecule has 1 aromatic heterocycles. The highest BCUT2D eigenvalue weighted by Crippen LogP contribution is 2.34. The Balaban J connectivity index is 2.20. The van der Waals surface area contributed by atoms with Crippen molar-refractivity contribution in [2.24, 2.45) is 0 Å². The van der Waals surface area contributed by atoms with Crippen molar-refractivity contribution >= 4 is 0 Å². The number of nitrogens with one attached hydrogen (secondary N) is 1. The van der Waals surface area contributed by atoms with E-state index in [9.17, 15) is 0 Å². The summed E-state index contributed by atoms with van der Waals surface area (Å²) in [5.74, 6) is 3.06. The van der Waals surface area contributed by atoms with E-state index in [4.69, 9.17) is 4.42 Å². The molecule has 1 aliphatic carbocycles. The van der Waals surface area contributed by atoms with Gasteiger partial charge in [0.2, 0.25) is 0 Å². The zero-order valence-corrected chi connectivity index (χ0v) is 8.39. The third-order valence-electron chi connectivity index (χ3n) is 2.85. The first-order valence-electron chi connectivity index (χ1n) is 5.11. The SMILES string of the molecule is CCc1cc2c(o1)CCC2CNC. The summed E-state index contributed by atoms with van der Waals surface area (Å²) in [6.45, 7) is 3.22. The maximum absolute atomic E-state index is 5.72. The molecule has 1 atom stereocenters. The normalized spacial score (nSPS) is 20.6. The zero-order chi connectivity index (χ0) is 9.26. The Kier molecular flexibility index (Phi) is 2.40. The van der Waals surface area contributed by atoms with Gasteiger partial charge in [-0.05, 0) is 25.1 Å². The maximum Gasteiger partial charge on any atom is 0.107 e. The van der Waals surface area contributed by atoms with Gasteiger partial charge in [0.1, 0.15) is 11.5 Å². The topological polar surface area (TPSA) is 25.2 Å². The molecule has 0 saturated carbocycles. The Hall–Kier alpha value is -0.760. The molecular formula is C11H17NO. The fraction of sp³-hybridized carbons (Fsp3) is 0.636. The molecule has 1 aliphatic rings. The summed E-state index contributed by atoms with van der Waals surface area (Å²) >= 11 is 0. The van der Waals surface area contributed by atoms with Gasteiger partial charge in [-0.3, -0.25) is 0 Å². The van der Waals surface area contributed by atoms with E-state index in [1.54, 1.807) is 0 Å². The van der Waals surface area contributed by atoms with Crippen LogP contribution in [0.4, 0.5) is 0 Å². The quantitative estimate of drug-likeness (QED) is 0.768. The number of hydrogen-bond donors (Lipinski definition) is 1. The average molecular weight is 179 g/mol. The number of hydrogen-bond acceptors (Lipinski definition) is 2. The molecule has 1 heterocycles. The summed E-state index contributed by atoms with van der Waals surface area (Å²) in [4.78, 5) is 0. The van der Waals surface area contributed by atoms with Crippen molar-refractivity contribution in [1.82, 2.24) is 5.32 Å². The van der Waals surface area contributed by atoms with Gasteiger partial charge >= 0.3 is 0 Å². The van der Waals surface area contributed by atoms with Gasteiger partial charge in [0.15, 0.2) is 0 Å². The second-order valence-electron chi connectivity index (χ2n) is 3.74. The minimum absolute atomic E-state index is 0.684. The zero-order valence-electron chi connectivity index (χ0n) is 8.39. The van der Waals surface area contributed by atoms with E-state index in [1.165, 1.54) is 17.7 Å². The fourth-order valence-corrected chi connectivity index (χ4v) is 2.13. The summed E-state index contributed by atoms with van der Waals surface area (Å²) in [5, 5.41) is 3.24. The number of aryl methyl sites for hydroxylation is 2. The highest BCUT2D eigenvalue weighted by atomic mass is 16.3. The van der Waals surface area contributed by atoms with Gasteiger partial charge in [0, 0.05) is 25.3 Å². The van der Waals surface area contributed by atoms with E-state index in [2.05, 4.69) is 18.3 Å². The van der Waals surface area contributed by atoms with Crippen LogP contribution in [0.3, 0.4) is 0 Å². The van der Waals surface area contributed by atoms with Crippen molar-refractivity contribution in [3.05, 3.63) is 23.2 Å². The third kappa shape index (κ3) is 1.51. The molecule has 0 saturated heterocycles. The van der Waals surface area contributed by atoms with Gasteiger partial charge in [0.05, 0.1) is 0 Å². The predicted molar refractivity (Wildman–Crippen MR) is 53.1 cm³/mol. The van der Waals surface area contributed by atoms with Gasteiger partial charge in [-0.15, -0.1) is 0 Å². The number of furan rings is 1. The summed E-state index contributed by atoms with van der Waals surface area (Å²) in [6.07, 6.45) is 3.39. The summed E-state index contributed by atoms with van der Waals surface area (Å²) < 4.78 is 5.72. The van der Waals surface area contributed by atoms with E-state index in [0.717, 1.165) is 25.1 Å². The first-order chi connectivity index (χ1) is 6.35. The lowest BCUT2D eigenvalue weighted by Gasteiger charge is -2.07. The molecule has 0 fully saturated rings. The van der Waals surface area contributed by atoms with Crippen molar-refractivity contribution in [2.45, 2.75) is 32.1 Å². The van der Waals surface area contributed by atoms with Gasteiger partial charge < -0.3 is 9.73 Å². The Morgan fingerprint density at radius 3 is 3.15 bits per heavy atom. The number of rotatable bonds is 3. The largest absolute Gasteiger partial charge is 0.466 e. The number of fused-ring (bicyclic) bond motifs is 1. The average Bonchev–Trinajstić information content (AvgIpc) is 2.67. The van der Waals surface area contributed by atoms with Crippen LogP contribution in [0.25, 0.3) is 0 Å². The Labute approximate surface area is 79.3 Å². The molecule has 0 spiro atoms. The van der Waals surface area contributed by atoms with Crippen molar-refractivity contribution < 1.29 is 4.42 Å². The van der Waals surface area contributed by atoms with E-state index in [-0.39, 0.29) is 0 Å². The molecule has 2 heteroatoms. The molecule has 72 valence electrons. The highest BCUT2D eigenvalue weighted by Gasteiger charge is 2.25. The van der Waals surface area contributed by atoms with E-state index < -0.39 is 0 Å². The monoisotopic (exact) mass is 179 g/mol. The molecule has 2 rings (SSSR count). The first kappa shape index (κ1) is 8.82. The predicted octanol–water partition coefficient (Wildman–Crippen LogP) is 2.09. The molecule has 0 radical (unpaired) electrons. The molecule has 1 N–H and O–H groups in total. The first-order valence-corrected chi connectivity index (χ1v) is 5.11. The minimum atomic E-state index is 0.684. The van der Waals surface area contributed by atoms with Crippen LogP contribution in [0.2, 0.25) is 0 Å². The van der Waals surface area contributed by atoms with Crippen molar-refractivity contribution in [3.8, 4) is 0 Å². The molecule has 1 unspecified atom stereocenters. The van der Waals surface area contributed by atoms with Crippen molar-refractivity contribution in [2.75, 3.05) is 13.6 Å². The summed E-state index contributed by atoms with van der Waals surface area (Å²) in [7, 11) is 2.01. The molecule has 1 aromatic rings. The minimum Gasteiger partial charge on any atom is -0.466 e.